The van der Waals surface area contributed by atoms with Crippen LogP contribution in [0.15, 0.2) is 36.8 Å². The number of aryl methyl sites for hydroxylation is 2. The first kappa shape index (κ1) is 24.4. The van der Waals surface area contributed by atoms with E-state index in [-0.39, 0.29) is 17.4 Å². The van der Waals surface area contributed by atoms with E-state index < -0.39 is 17.7 Å². The number of imidazole rings is 1. The number of aromatic nitrogens is 6. The van der Waals surface area contributed by atoms with Crippen LogP contribution in [0, 0.1) is 5.82 Å². The summed E-state index contributed by atoms with van der Waals surface area (Å²) in [6, 6.07) is 6.24. The average molecular weight is 528 g/mol. The molecule has 1 aromatic carbocycles. The summed E-state index contributed by atoms with van der Waals surface area (Å²) in [7, 11) is 2.99. The molecule has 198 valence electrons. The third kappa shape index (κ3) is 4.37. The summed E-state index contributed by atoms with van der Waals surface area (Å²) in [4.78, 5) is 12.4. The average Bonchev–Trinajstić information content (AvgIpc) is 3.51. The molecule has 0 radical (unpaired) electrons. The minimum absolute atomic E-state index is 0.00620. The van der Waals surface area contributed by atoms with Crippen molar-refractivity contribution in [2.24, 2.45) is 7.05 Å². The van der Waals surface area contributed by atoms with Crippen molar-refractivity contribution in [1.82, 2.24) is 29.3 Å². The van der Waals surface area contributed by atoms with Gasteiger partial charge < -0.3 is 14.6 Å². The Morgan fingerprint density at radius 3 is 2.61 bits per heavy atom. The van der Waals surface area contributed by atoms with Gasteiger partial charge in [0.1, 0.15) is 18.0 Å². The van der Waals surface area contributed by atoms with Crippen LogP contribution in [0.2, 0.25) is 0 Å². The topological polar surface area (TPSA) is 82.7 Å². The van der Waals surface area contributed by atoms with Gasteiger partial charge in [0, 0.05) is 31.4 Å². The second-order valence-electron chi connectivity index (χ2n) is 9.69. The van der Waals surface area contributed by atoms with Gasteiger partial charge in [-0.05, 0) is 49.9 Å². The van der Waals surface area contributed by atoms with Crippen LogP contribution < -0.4 is 10.1 Å². The molecule has 4 heterocycles. The number of rotatable bonds is 6. The van der Waals surface area contributed by atoms with Crippen LogP contribution in [-0.4, -0.2) is 36.4 Å². The lowest BCUT2D eigenvalue weighted by Gasteiger charge is -2.25. The highest BCUT2D eigenvalue weighted by molar-refractivity contribution is 5.69. The van der Waals surface area contributed by atoms with E-state index in [0.29, 0.717) is 17.5 Å². The van der Waals surface area contributed by atoms with Gasteiger partial charge >= 0.3 is 6.18 Å². The third-order valence-corrected chi connectivity index (χ3v) is 7.00. The zero-order chi connectivity index (χ0) is 26.6. The highest BCUT2D eigenvalue weighted by Gasteiger charge is 2.35. The highest BCUT2D eigenvalue weighted by Crippen LogP contribution is 2.46. The maximum atomic E-state index is 15.1. The molecular weight excluding hydrogens is 502 g/mol. The van der Waals surface area contributed by atoms with Gasteiger partial charge in [0.05, 0.1) is 41.4 Å². The van der Waals surface area contributed by atoms with E-state index in [2.05, 4.69) is 20.3 Å². The van der Waals surface area contributed by atoms with Gasteiger partial charge in [-0.1, -0.05) is 0 Å². The Morgan fingerprint density at radius 2 is 1.92 bits per heavy atom. The summed E-state index contributed by atoms with van der Waals surface area (Å²) in [6.07, 6.45) is 1.58. The molecule has 38 heavy (non-hydrogen) atoms. The van der Waals surface area contributed by atoms with E-state index in [1.54, 1.807) is 13.2 Å². The van der Waals surface area contributed by atoms with E-state index >= 15 is 4.39 Å². The summed E-state index contributed by atoms with van der Waals surface area (Å²) >= 11 is 0. The van der Waals surface area contributed by atoms with Crippen LogP contribution in [0.1, 0.15) is 54.7 Å². The number of nitrogens with zero attached hydrogens (tertiary/aromatic N) is 6. The molecular formula is C26H25F4N7O. The van der Waals surface area contributed by atoms with Crippen LogP contribution >= 0.6 is 0 Å². The lowest BCUT2D eigenvalue weighted by molar-refractivity contribution is -0.140. The Balaban J connectivity index is 1.29. The Kier molecular flexibility index (Phi) is 5.84. The molecule has 0 amide bonds. The van der Waals surface area contributed by atoms with Gasteiger partial charge in [-0.15, -0.1) is 0 Å². The number of ether oxygens (including phenoxy) is 1. The molecule has 1 atom stereocenters. The van der Waals surface area contributed by atoms with Crippen LogP contribution in [0.3, 0.4) is 0 Å². The van der Waals surface area contributed by atoms with Crippen molar-refractivity contribution in [3.8, 4) is 28.5 Å². The number of anilines is 1. The fourth-order valence-corrected chi connectivity index (χ4v) is 5.04. The third-order valence-electron chi connectivity index (χ3n) is 7.00. The highest BCUT2D eigenvalue weighted by atomic mass is 19.4. The van der Waals surface area contributed by atoms with Gasteiger partial charge in [0.25, 0.3) is 0 Å². The molecule has 8 nitrogen and oxygen atoms in total. The van der Waals surface area contributed by atoms with E-state index in [4.69, 9.17) is 9.84 Å². The predicted octanol–water partition coefficient (Wildman–Crippen LogP) is 5.73. The Hall–Kier alpha value is -3.96. The molecule has 1 unspecified atom stereocenters. The minimum Gasteiger partial charge on any atom is -0.480 e. The number of halogens is 4. The monoisotopic (exact) mass is 527 g/mol. The second-order valence-corrected chi connectivity index (χ2v) is 9.69. The van der Waals surface area contributed by atoms with Gasteiger partial charge in [-0.3, -0.25) is 4.68 Å². The van der Waals surface area contributed by atoms with Gasteiger partial charge in [-0.25, -0.2) is 19.3 Å². The Labute approximate surface area is 215 Å². The molecule has 1 aliphatic carbocycles. The zero-order valence-electron chi connectivity index (χ0n) is 20.8. The standard InChI is InChI=1S/C26H25F4N7O/c1-36-12-21(26(28,29)30)34-24(36)16-8-7-15(10-17(16)27)33-18-4-3-9-37-20(18)11-19(35-37)22-23(14-5-6-14)31-13-32-25(22)38-2/h7-8,10-14,18,33H,3-6,9H2,1-2H3. The first-order valence-corrected chi connectivity index (χ1v) is 12.4. The minimum atomic E-state index is -4.61. The molecule has 0 bridgehead atoms. The molecule has 1 fully saturated rings. The van der Waals surface area contributed by atoms with Crippen molar-refractivity contribution in [2.45, 2.75) is 50.4 Å². The van der Waals surface area contributed by atoms with Crippen LogP contribution in [0.5, 0.6) is 5.88 Å². The quantitative estimate of drug-likeness (QED) is 0.323. The molecule has 12 heteroatoms. The van der Waals surface area contributed by atoms with E-state index in [0.717, 1.165) is 61.1 Å². The fraction of sp³-hybridized carbons (Fsp3) is 0.385. The molecule has 6 rings (SSSR count). The number of hydrogen-bond acceptors (Lipinski definition) is 6. The largest absolute Gasteiger partial charge is 0.480 e. The molecule has 1 N–H and O–H groups in total. The molecule has 0 spiro atoms. The van der Waals surface area contributed by atoms with Gasteiger partial charge in [0.15, 0.2) is 5.69 Å². The lowest BCUT2D eigenvalue weighted by Crippen LogP contribution is -2.21. The van der Waals surface area contributed by atoms with Crippen molar-refractivity contribution in [2.75, 3.05) is 12.4 Å². The van der Waals surface area contributed by atoms with Crippen molar-refractivity contribution in [3.63, 3.8) is 0 Å². The summed E-state index contributed by atoms with van der Waals surface area (Å²) < 4.78 is 62.9. The van der Waals surface area contributed by atoms with Crippen LogP contribution in [-0.2, 0) is 19.8 Å². The molecule has 2 aliphatic rings. The molecule has 0 saturated heterocycles. The number of benzene rings is 1. The second kappa shape index (κ2) is 9.10. The summed E-state index contributed by atoms with van der Waals surface area (Å²) in [6.45, 7) is 0.746. The van der Waals surface area contributed by atoms with E-state index in [1.165, 1.54) is 30.1 Å². The smallest absolute Gasteiger partial charge is 0.434 e. The summed E-state index contributed by atoms with van der Waals surface area (Å²) in [5.41, 5.74) is 2.88. The van der Waals surface area contributed by atoms with Gasteiger partial charge in [0.2, 0.25) is 5.88 Å². The number of fused-ring (bicyclic) bond motifs is 1. The maximum absolute atomic E-state index is 15.1. The van der Waals surface area contributed by atoms with Crippen molar-refractivity contribution in [3.05, 3.63) is 59.7 Å². The van der Waals surface area contributed by atoms with Crippen molar-refractivity contribution >= 4 is 5.69 Å². The molecule has 3 aromatic heterocycles. The maximum Gasteiger partial charge on any atom is 0.434 e. The fourth-order valence-electron chi connectivity index (χ4n) is 5.04. The first-order chi connectivity index (χ1) is 18.2. The van der Waals surface area contributed by atoms with E-state index in [9.17, 15) is 13.2 Å². The normalized spacial score (nSPS) is 17.4. The van der Waals surface area contributed by atoms with Gasteiger partial charge in [-0.2, -0.15) is 18.3 Å². The van der Waals surface area contributed by atoms with Crippen LogP contribution in [0.4, 0.5) is 23.2 Å². The number of alkyl halides is 3. The number of methoxy groups -OCH3 is 1. The molecule has 1 aliphatic heterocycles. The van der Waals surface area contributed by atoms with Crippen LogP contribution in [0.25, 0.3) is 22.6 Å². The predicted molar refractivity (Wildman–Crippen MR) is 131 cm³/mol. The number of hydrogen-bond donors (Lipinski definition) is 1. The summed E-state index contributed by atoms with van der Waals surface area (Å²) in [5, 5.41) is 8.21. The van der Waals surface area contributed by atoms with Crippen molar-refractivity contribution < 1.29 is 22.3 Å². The molecule has 1 saturated carbocycles. The molecule has 4 aromatic rings. The summed E-state index contributed by atoms with van der Waals surface area (Å²) in [5.74, 6) is 0.111. The number of nitrogens with one attached hydrogen (secondary N) is 1. The van der Waals surface area contributed by atoms with Crippen molar-refractivity contribution in [1.29, 1.82) is 0 Å². The Bertz CT molecular complexity index is 1510. The first-order valence-electron chi connectivity index (χ1n) is 12.4. The van der Waals surface area contributed by atoms with E-state index in [1.807, 2.05) is 10.7 Å². The lowest BCUT2D eigenvalue weighted by atomic mass is 10.0. The SMILES string of the molecule is COc1ncnc(C2CC2)c1-c1cc2n(n1)CCCC2Nc1ccc(-c2nc(C(F)(F)F)cn2C)c(F)c1. The zero-order valence-corrected chi connectivity index (χ0v) is 20.8. The Morgan fingerprint density at radius 1 is 1.11 bits per heavy atom.